The van der Waals surface area contributed by atoms with Crippen LogP contribution in [0.25, 0.3) is 0 Å². The van der Waals surface area contributed by atoms with Gasteiger partial charge in [0.05, 0.1) is 12.5 Å². The summed E-state index contributed by atoms with van der Waals surface area (Å²) >= 11 is 5.86. The van der Waals surface area contributed by atoms with Crippen molar-refractivity contribution in [1.82, 2.24) is 5.32 Å². The van der Waals surface area contributed by atoms with Crippen LogP contribution < -0.4 is 5.32 Å². The number of halogens is 1. The summed E-state index contributed by atoms with van der Waals surface area (Å²) in [5.74, 6) is -0.130. The Balaban J connectivity index is 1.85. The number of ether oxygens (including phenoxy) is 1. The van der Waals surface area contributed by atoms with Crippen LogP contribution in [0.2, 0.25) is 5.02 Å². The van der Waals surface area contributed by atoms with Gasteiger partial charge in [0.25, 0.3) is 0 Å². The molecule has 1 aliphatic heterocycles. The van der Waals surface area contributed by atoms with Crippen LogP contribution in [0.1, 0.15) is 18.9 Å². The number of hydrogen-bond donors (Lipinski definition) is 2. The first-order valence-corrected chi connectivity index (χ1v) is 6.72. The van der Waals surface area contributed by atoms with Gasteiger partial charge in [-0.3, -0.25) is 4.79 Å². The third-order valence-electron chi connectivity index (χ3n) is 3.50. The van der Waals surface area contributed by atoms with Crippen LogP contribution in [0, 0.1) is 0 Å². The van der Waals surface area contributed by atoms with Crippen LogP contribution in [-0.2, 0) is 16.0 Å². The van der Waals surface area contributed by atoms with Crippen molar-refractivity contribution in [2.24, 2.45) is 0 Å². The Morgan fingerprint density at radius 2 is 2.42 bits per heavy atom. The molecule has 2 N–H and O–H groups in total. The molecule has 2 atom stereocenters. The van der Waals surface area contributed by atoms with E-state index in [0.717, 1.165) is 5.56 Å². The lowest BCUT2D eigenvalue weighted by Gasteiger charge is -2.26. The number of rotatable bonds is 4. The first-order chi connectivity index (χ1) is 8.99. The van der Waals surface area contributed by atoms with Gasteiger partial charge in [-0.15, -0.1) is 0 Å². The Morgan fingerprint density at radius 3 is 3.05 bits per heavy atom. The van der Waals surface area contributed by atoms with Crippen molar-refractivity contribution in [2.75, 3.05) is 13.2 Å². The highest BCUT2D eigenvalue weighted by Crippen LogP contribution is 2.24. The summed E-state index contributed by atoms with van der Waals surface area (Å²) in [6, 6.07) is 7.19. The highest BCUT2D eigenvalue weighted by Gasteiger charge is 2.39. The van der Waals surface area contributed by atoms with E-state index in [0.29, 0.717) is 18.1 Å². The molecular formula is C14H18ClNO3. The number of nitrogens with one attached hydrogen (secondary N) is 1. The summed E-state index contributed by atoms with van der Waals surface area (Å²) in [6.45, 7) is 2.56. The van der Waals surface area contributed by atoms with Gasteiger partial charge in [0, 0.05) is 24.6 Å². The summed E-state index contributed by atoms with van der Waals surface area (Å²) in [7, 11) is 0. The average Bonchev–Trinajstić information content (AvgIpc) is 2.68. The highest BCUT2D eigenvalue weighted by molar-refractivity contribution is 6.30. The summed E-state index contributed by atoms with van der Waals surface area (Å²) in [5.41, 5.74) is -0.100. The third kappa shape index (κ3) is 3.69. The zero-order chi connectivity index (χ0) is 13.9. The number of carbonyl (C=O) groups excluding carboxylic acids is 1. The molecule has 0 aromatic heterocycles. The molecule has 104 valence electrons. The van der Waals surface area contributed by atoms with Crippen molar-refractivity contribution in [3.8, 4) is 0 Å². The summed E-state index contributed by atoms with van der Waals surface area (Å²) in [6.07, 6.45) is 0.552. The Bertz CT molecular complexity index is 466. The standard InChI is InChI=1S/C14H18ClNO3/c1-10-14(18,5-6-19-10)9-16-13(17)8-11-3-2-4-12(15)7-11/h2-4,7,10,18H,5-6,8-9H2,1H3,(H,16,17). The second-order valence-electron chi connectivity index (χ2n) is 4.95. The minimum absolute atomic E-state index is 0.130. The van der Waals surface area contributed by atoms with Gasteiger partial charge in [-0.2, -0.15) is 0 Å². The molecule has 2 rings (SSSR count). The SMILES string of the molecule is CC1OCCC1(O)CNC(=O)Cc1cccc(Cl)c1. The molecule has 1 aromatic carbocycles. The van der Waals surface area contributed by atoms with Gasteiger partial charge in [-0.25, -0.2) is 0 Å². The second kappa shape index (κ2) is 5.90. The molecule has 0 saturated carbocycles. The molecule has 1 amide bonds. The maximum Gasteiger partial charge on any atom is 0.224 e. The first-order valence-electron chi connectivity index (χ1n) is 6.35. The van der Waals surface area contributed by atoms with Crippen molar-refractivity contribution >= 4 is 17.5 Å². The van der Waals surface area contributed by atoms with E-state index in [9.17, 15) is 9.90 Å². The van der Waals surface area contributed by atoms with E-state index >= 15 is 0 Å². The lowest BCUT2D eigenvalue weighted by Crippen LogP contribution is -2.47. The number of hydrogen-bond acceptors (Lipinski definition) is 3. The molecule has 2 unspecified atom stereocenters. The van der Waals surface area contributed by atoms with Crippen molar-refractivity contribution in [3.05, 3.63) is 34.9 Å². The number of benzene rings is 1. The van der Waals surface area contributed by atoms with Crippen LogP contribution in [0.3, 0.4) is 0 Å². The molecule has 4 nitrogen and oxygen atoms in total. The quantitative estimate of drug-likeness (QED) is 0.881. The molecule has 5 heteroatoms. The van der Waals surface area contributed by atoms with Crippen molar-refractivity contribution in [2.45, 2.75) is 31.5 Å². The summed E-state index contributed by atoms with van der Waals surface area (Å²) in [5, 5.41) is 13.6. The van der Waals surface area contributed by atoms with Crippen LogP contribution in [-0.4, -0.2) is 35.9 Å². The van der Waals surface area contributed by atoms with Crippen LogP contribution in [0.4, 0.5) is 0 Å². The van der Waals surface area contributed by atoms with Crippen LogP contribution in [0.15, 0.2) is 24.3 Å². The monoisotopic (exact) mass is 283 g/mol. The van der Waals surface area contributed by atoms with Gasteiger partial charge in [-0.1, -0.05) is 23.7 Å². The molecule has 0 aliphatic carbocycles. The fraction of sp³-hybridized carbons (Fsp3) is 0.500. The fourth-order valence-electron chi connectivity index (χ4n) is 2.15. The van der Waals surface area contributed by atoms with Gasteiger partial charge >= 0.3 is 0 Å². The molecule has 1 saturated heterocycles. The lowest BCUT2D eigenvalue weighted by atomic mass is 9.96. The number of amides is 1. The molecule has 1 aromatic rings. The van der Waals surface area contributed by atoms with Crippen molar-refractivity contribution in [3.63, 3.8) is 0 Å². The van der Waals surface area contributed by atoms with E-state index < -0.39 is 5.60 Å². The van der Waals surface area contributed by atoms with E-state index in [2.05, 4.69) is 5.32 Å². The largest absolute Gasteiger partial charge is 0.385 e. The Morgan fingerprint density at radius 1 is 1.63 bits per heavy atom. The molecule has 0 bridgehead atoms. The Kier molecular flexibility index (Phi) is 4.45. The minimum Gasteiger partial charge on any atom is -0.385 e. The lowest BCUT2D eigenvalue weighted by molar-refractivity contribution is -0.122. The maximum atomic E-state index is 11.8. The van der Waals surface area contributed by atoms with E-state index in [-0.39, 0.29) is 25.0 Å². The molecule has 19 heavy (non-hydrogen) atoms. The molecule has 0 radical (unpaired) electrons. The predicted molar refractivity (Wildman–Crippen MR) is 73.1 cm³/mol. The molecule has 0 spiro atoms. The van der Waals surface area contributed by atoms with Gasteiger partial charge in [0.15, 0.2) is 0 Å². The summed E-state index contributed by atoms with van der Waals surface area (Å²) in [4.78, 5) is 11.8. The smallest absolute Gasteiger partial charge is 0.224 e. The Hall–Kier alpha value is -1.10. The topological polar surface area (TPSA) is 58.6 Å². The van der Waals surface area contributed by atoms with Gasteiger partial charge in [0.1, 0.15) is 5.60 Å². The van der Waals surface area contributed by atoms with Crippen LogP contribution >= 0.6 is 11.6 Å². The van der Waals surface area contributed by atoms with Gasteiger partial charge in [-0.05, 0) is 24.6 Å². The zero-order valence-corrected chi connectivity index (χ0v) is 11.6. The first kappa shape index (κ1) is 14.3. The van der Waals surface area contributed by atoms with E-state index in [1.807, 2.05) is 19.1 Å². The maximum absolute atomic E-state index is 11.8. The van der Waals surface area contributed by atoms with E-state index in [1.54, 1.807) is 12.1 Å². The third-order valence-corrected chi connectivity index (χ3v) is 3.74. The molecule has 1 heterocycles. The predicted octanol–water partition coefficient (Wildman–Crippen LogP) is 1.54. The number of aliphatic hydroxyl groups is 1. The van der Waals surface area contributed by atoms with Crippen molar-refractivity contribution < 1.29 is 14.6 Å². The zero-order valence-electron chi connectivity index (χ0n) is 10.9. The van der Waals surface area contributed by atoms with E-state index in [1.165, 1.54) is 0 Å². The fourth-order valence-corrected chi connectivity index (χ4v) is 2.36. The summed E-state index contributed by atoms with van der Waals surface area (Å²) < 4.78 is 5.32. The highest BCUT2D eigenvalue weighted by atomic mass is 35.5. The molecule has 1 aliphatic rings. The van der Waals surface area contributed by atoms with Crippen LogP contribution in [0.5, 0.6) is 0 Å². The average molecular weight is 284 g/mol. The normalized spacial score (nSPS) is 26.4. The Labute approximate surface area is 117 Å². The molecule has 1 fully saturated rings. The van der Waals surface area contributed by atoms with E-state index in [4.69, 9.17) is 16.3 Å². The minimum atomic E-state index is -0.954. The number of carbonyl (C=O) groups is 1. The van der Waals surface area contributed by atoms with Gasteiger partial charge in [0.2, 0.25) is 5.91 Å². The second-order valence-corrected chi connectivity index (χ2v) is 5.39. The van der Waals surface area contributed by atoms with Crippen molar-refractivity contribution in [1.29, 1.82) is 0 Å². The van der Waals surface area contributed by atoms with Gasteiger partial charge < -0.3 is 15.2 Å². The molecular weight excluding hydrogens is 266 g/mol.